The summed E-state index contributed by atoms with van der Waals surface area (Å²) in [6, 6.07) is 25.1. The Labute approximate surface area is 216 Å². The first-order chi connectivity index (χ1) is 17.4. The van der Waals surface area contributed by atoms with Crippen molar-refractivity contribution in [2.75, 3.05) is 12.0 Å². The van der Waals surface area contributed by atoms with Gasteiger partial charge in [0.25, 0.3) is 0 Å². The molecule has 6 heteroatoms. The van der Waals surface area contributed by atoms with Gasteiger partial charge < -0.3 is 9.30 Å². The maximum absolute atomic E-state index is 6.04. The molecule has 0 radical (unpaired) electrons. The lowest BCUT2D eigenvalue weighted by Crippen LogP contribution is -2.10. The molecule has 0 aliphatic heterocycles. The summed E-state index contributed by atoms with van der Waals surface area (Å²) in [5, 5.41) is 6.52. The zero-order valence-electron chi connectivity index (χ0n) is 21.3. The normalized spacial score (nSPS) is 12.1. The first-order valence-electron chi connectivity index (χ1n) is 12.4. The SMILES string of the molecule is Cc1c(C=NNc2nc3ccccc3s2)c2ccccc2n1CCCOc1ccc(C(C)(C)C)cc1. The quantitative estimate of drug-likeness (QED) is 0.136. The standard InChI is InChI=1S/C30H32N4OS/c1-21-25(20-31-33-29-32-26-11-6-8-13-28(26)36-29)24-10-5-7-12-27(24)34(21)18-9-19-35-23-16-14-22(15-17-23)30(2,3)4/h5-8,10-17,20H,9,18-19H2,1-4H3,(H,32,33). The summed E-state index contributed by atoms with van der Waals surface area (Å²) in [6.07, 6.45) is 2.83. The van der Waals surface area contributed by atoms with Crippen molar-refractivity contribution in [3.8, 4) is 5.75 Å². The van der Waals surface area contributed by atoms with Crippen molar-refractivity contribution in [2.45, 2.75) is 46.1 Å². The highest BCUT2D eigenvalue weighted by Crippen LogP contribution is 2.27. The van der Waals surface area contributed by atoms with Crippen LogP contribution in [0.2, 0.25) is 0 Å². The van der Waals surface area contributed by atoms with Crippen LogP contribution in [0.4, 0.5) is 5.13 Å². The van der Waals surface area contributed by atoms with Crippen LogP contribution in [0.5, 0.6) is 5.75 Å². The molecule has 2 heterocycles. The van der Waals surface area contributed by atoms with E-state index in [0.717, 1.165) is 39.6 Å². The van der Waals surface area contributed by atoms with E-state index in [1.807, 2.05) is 24.4 Å². The van der Waals surface area contributed by atoms with Crippen molar-refractivity contribution in [3.63, 3.8) is 0 Å². The molecule has 0 amide bonds. The highest BCUT2D eigenvalue weighted by atomic mass is 32.1. The molecular weight excluding hydrogens is 464 g/mol. The van der Waals surface area contributed by atoms with Gasteiger partial charge in [-0.1, -0.05) is 74.6 Å². The van der Waals surface area contributed by atoms with Crippen molar-refractivity contribution in [3.05, 3.63) is 89.6 Å². The molecular formula is C30H32N4OS. The summed E-state index contributed by atoms with van der Waals surface area (Å²) >= 11 is 1.60. The second-order valence-corrected chi connectivity index (χ2v) is 11.0. The molecule has 0 spiro atoms. The zero-order valence-corrected chi connectivity index (χ0v) is 22.1. The van der Waals surface area contributed by atoms with Crippen molar-refractivity contribution >= 4 is 43.8 Å². The number of aromatic nitrogens is 2. The predicted molar refractivity (Wildman–Crippen MR) is 153 cm³/mol. The van der Waals surface area contributed by atoms with Crippen molar-refractivity contribution in [1.29, 1.82) is 0 Å². The van der Waals surface area contributed by atoms with Crippen LogP contribution in [0.3, 0.4) is 0 Å². The van der Waals surface area contributed by atoms with Gasteiger partial charge >= 0.3 is 0 Å². The second-order valence-electron chi connectivity index (χ2n) is 10.0. The predicted octanol–water partition coefficient (Wildman–Crippen LogP) is 7.77. The molecule has 3 aromatic carbocycles. The highest BCUT2D eigenvalue weighted by molar-refractivity contribution is 7.22. The minimum atomic E-state index is 0.149. The molecule has 5 aromatic rings. The van der Waals surface area contributed by atoms with Gasteiger partial charge in [0.05, 0.1) is 23.0 Å². The summed E-state index contributed by atoms with van der Waals surface area (Å²) in [4.78, 5) is 4.60. The largest absolute Gasteiger partial charge is 0.494 e. The average molecular weight is 497 g/mol. The highest BCUT2D eigenvalue weighted by Gasteiger charge is 2.14. The smallest absolute Gasteiger partial charge is 0.204 e. The molecule has 0 unspecified atom stereocenters. The Morgan fingerprint density at radius 3 is 2.53 bits per heavy atom. The summed E-state index contributed by atoms with van der Waals surface area (Å²) in [6.45, 7) is 10.4. The first kappa shape index (κ1) is 24.1. The van der Waals surface area contributed by atoms with E-state index in [1.54, 1.807) is 11.3 Å². The van der Waals surface area contributed by atoms with Gasteiger partial charge in [-0.2, -0.15) is 5.10 Å². The van der Waals surface area contributed by atoms with E-state index in [4.69, 9.17) is 4.74 Å². The molecule has 0 atom stereocenters. The van der Waals surface area contributed by atoms with E-state index in [1.165, 1.54) is 22.2 Å². The molecule has 0 aliphatic carbocycles. The lowest BCUT2D eigenvalue weighted by Gasteiger charge is -2.19. The summed E-state index contributed by atoms with van der Waals surface area (Å²) in [5.41, 5.74) is 9.10. The summed E-state index contributed by atoms with van der Waals surface area (Å²) in [5.74, 6) is 0.922. The fourth-order valence-corrected chi connectivity index (χ4v) is 5.26. The molecule has 0 saturated heterocycles. The monoisotopic (exact) mass is 496 g/mol. The number of hydrazone groups is 1. The molecule has 184 valence electrons. The van der Waals surface area contributed by atoms with Gasteiger partial charge in [0.2, 0.25) is 5.13 Å². The third kappa shape index (κ3) is 5.14. The Kier molecular flexibility index (Phi) is 6.79. The maximum Gasteiger partial charge on any atom is 0.204 e. The van der Waals surface area contributed by atoms with Crippen LogP contribution in [-0.4, -0.2) is 22.4 Å². The molecule has 0 bridgehead atoms. The van der Waals surface area contributed by atoms with Gasteiger partial charge in [-0.3, -0.25) is 5.43 Å². The molecule has 0 fully saturated rings. The Bertz CT molecular complexity index is 1470. The zero-order chi connectivity index (χ0) is 25.1. The topological polar surface area (TPSA) is 51.4 Å². The molecule has 2 aromatic heterocycles. The van der Waals surface area contributed by atoms with Crippen LogP contribution in [0, 0.1) is 6.92 Å². The van der Waals surface area contributed by atoms with Gasteiger partial charge in [0.1, 0.15) is 5.75 Å². The van der Waals surface area contributed by atoms with E-state index in [9.17, 15) is 0 Å². The number of benzene rings is 3. The molecule has 5 nitrogen and oxygen atoms in total. The van der Waals surface area contributed by atoms with E-state index < -0.39 is 0 Å². The minimum absolute atomic E-state index is 0.149. The first-order valence-corrected chi connectivity index (χ1v) is 13.2. The molecule has 1 N–H and O–H groups in total. The van der Waals surface area contributed by atoms with Crippen molar-refractivity contribution in [1.82, 2.24) is 9.55 Å². The summed E-state index contributed by atoms with van der Waals surface area (Å²) < 4.78 is 9.55. The van der Waals surface area contributed by atoms with Crippen LogP contribution < -0.4 is 10.2 Å². The van der Waals surface area contributed by atoms with Gasteiger partial charge in [0, 0.05) is 28.7 Å². The third-order valence-corrected chi connectivity index (χ3v) is 7.38. The fourth-order valence-electron chi connectivity index (χ4n) is 4.44. The van der Waals surface area contributed by atoms with Crippen molar-refractivity contribution in [2.24, 2.45) is 5.10 Å². The second kappa shape index (κ2) is 10.2. The van der Waals surface area contributed by atoms with Crippen LogP contribution in [-0.2, 0) is 12.0 Å². The van der Waals surface area contributed by atoms with Gasteiger partial charge in [-0.15, -0.1) is 0 Å². The number of hydrogen-bond donors (Lipinski definition) is 1. The number of nitrogens with zero attached hydrogens (tertiary/aromatic N) is 3. The number of rotatable bonds is 8. The van der Waals surface area contributed by atoms with Crippen LogP contribution in [0.1, 0.15) is 44.0 Å². The Hall–Kier alpha value is -3.64. The lowest BCUT2D eigenvalue weighted by molar-refractivity contribution is 0.302. The Morgan fingerprint density at radius 1 is 1.00 bits per heavy atom. The number of anilines is 1. The molecule has 0 saturated carbocycles. The van der Waals surface area contributed by atoms with Crippen molar-refractivity contribution < 1.29 is 4.74 Å². The van der Waals surface area contributed by atoms with Gasteiger partial charge in [-0.05, 0) is 54.7 Å². The number of para-hydroxylation sites is 2. The van der Waals surface area contributed by atoms with E-state index in [2.05, 4.69) is 102 Å². The number of nitrogens with one attached hydrogen (secondary N) is 1. The number of ether oxygens (including phenoxy) is 1. The van der Waals surface area contributed by atoms with Crippen LogP contribution >= 0.6 is 11.3 Å². The summed E-state index contributed by atoms with van der Waals surface area (Å²) in [7, 11) is 0. The Morgan fingerprint density at radius 2 is 1.75 bits per heavy atom. The minimum Gasteiger partial charge on any atom is -0.494 e. The molecule has 0 aliphatic rings. The molecule has 5 rings (SSSR count). The number of aryl methyl sites for hydroxylation is 1. The fraction of sp³-hybridized carbons (Fsp3) is 0.267. The molecule has 36 heavy (non-hydrogen) atoms. The number of thiazole rings is 1. The van der Waals surface area contributed by atoms with Crippen LogP contribution in [0.25, 0.3) is 21.1 Å². The van der Waals surface area contributed by atoms with Gasteiger partial charge in [-0.25, -0.2) is 4.98 Å². The Balaban J connectivity index is 1.26. The number of fused-ring (bicyclic) bond motifs is 2. The van der Waals surface area contributed by atoms with E-state index in [0.29, 0.717) is 6.61 Å². The van der Waals surface area contributed by atoms with E-state index >= 15 is 0 Å². The maximum atomic E-state index is 6.04. The van der Waals surface area contributed by atoms with Crippen LogP contribution in [0.15, 0.2) is 77.9 Å². The van der Waals surface area contributed by atoms with E-state index in [-0.39, 0.29) is 5.41 Å². The van der Waals surface area contributed by atoms with Gasteiger partial charge in [0.15, 0.2) is 0 Å². The average Bonchev–Trinajstić information content (AvgIpc) is 3.40. The number of hydrogen-bond acceptors (Lipinski definition) is 5. The third-order valence-electron chi connectivity index (χ3n) is 6.44. The lowest BCUT2D eigenvalue weighted by atomic mass is 9.87.